The lowest BCUT2D eigenvalue weighted by atomic mass is 10.1. The molecular weight excluding hydrogens is 416 g/mol. The number of hydrogen-bond acceptors (Lipinski definition) is 3. The first-order valence-corrected chi connectivity index (χ1v) is 10.1. The van der Waals surface area contributed by atoms with Crippen molar-refractivity contribution in [3.05, 3.63) is 88.9 Å². The number of carbonyl (C=O) groups excluding carboxylic acids is 1. The molecule has 3 aromatic rings. The number of hydrogen-bond donors (Lipinski definition) is 2. The standard InChI is InChI=1S/C23H23BrN2O2/c24-19-12-4-5-13-20(19)25-17-23(27)26-21-14-6-7-15-22(21)28-16-8-11-18-9-2-1-3-10-18/h1-7,9-10,12-15,25H,8,11,16-17H2,(H,26,27). The molecule has 0 bridgehead atoms. The molecule has 3 rings (SSSR count). The number of para-hydroxylation sites is 3. The lowest BCUT2D eigenvalue weighted by Gasteiger charge is -2.13. The summed E-state index contributed by atoms with van der Waals surface area (Å²) < 4.78 is 6.82. The molecule has 5 heteroatoms. The third-order valence-corrected chi connectivity index (χ3v) is 4.88. The maximum absolute atomic E-state index is 12.3. The summed E-state index contributed by atoms with van der Waals surface area (Å²) >= 11 is 3.46. The van der Waals surface area contributed by atoms with E-state index in [4.69, 9.17) is 4.74 Å². The van der Waals surface area contributed by atoms with Gasteiger partial charge in [-0.15, -0.1) is 0 Å². The molecule has 0 atom stereocenters. The van der Waals surface area contributed by atoms with E-state index in [0.717, 1.165) is 23.0 Å². The van der Waals surface area contributed by atoms with E-state index < -0.39 is 0 Å². The van der Waals surface area contributed by atoms with Crippen LogP contribution in [0.5, 0.6) is 5.75 Å². The molecule has 0 aromatic heterocycles. The van der Waals surface area contributed by atoms with Crippen molar-refractivity contribution in [2.24, 2.45) is 0 Å². The highest BCUT2D eigenvalue weighted by atomic mass is 79.9. The third-order valence-electron chi connectivity index (χ3n) is 4.18. The van der Waals surface area contributed by atoms with E-state index >= 15 is 0 Å². The van der Waals surface area contributed by atoms with E-state index in [1.165, 1.54) is 5.56 Å². The van der Waals surface area contributed by atoms with Crippen molar-refractivity contribution in [3.63, 3.8) is 0 Å². The molecule has 144 valence electrons. The van der Waals surface area contributed by atoms with Crippen molar-refractivity contribution in [3.8, 4) is 5.75 Å². The minimum Gasteiger partial charge on any atom is -0.491 e. The molecule has 0 spiro atoms. The summed E-state index contributed by atoms with van der Waals surface area (Å²) in [4.78, 5) is 12.3. The second-order valence-electron chi connectivity index (χ2n) is 6.32. The average Bonchev–Trinajstić information content (AvgIpc) is 2.72. The van der Waals surface area contributed by atoms with Gasteiger partial charge in [0.1, 0.15) is 5.75 Å². The lowest BCUT2D eigenvalue weighted by Crippen LogP contribution is -2.22. The predicted octanol–water partition coefficient (Wildman–Crippen LogP) is 5.51. The van der Waals surface area contributed by atoms with Gasteiger partial charge in [-0.3, -0.25) is 4.79 Å². The van der Waals surface area contributed by atoms with Crippen molar-refractivity contribution in [2.45, 2.75) is 12.8 Å². The number of benzene rings is 3. The van der Waals surface area contributed by atoms with Gasteiger partial charge in [-0.2, -0.15) is 0 Å². The van der Waals surface area contributed by atoms with Crippen molar-refractivity contribution < 1.29 is 9.53 Å². The molecule has 28 heavy (non-hydrogen) atoms. The van der Waals surface area contributed by atoms with Crippen molar-refractivity contribution >= 4 is 33.2 Å². The Balaban J connectivity index is 1.49. The Morgan fingerprint density at radius 1 is 0.857 bits per heavy atom. The number of amides is 1. The number of halogens is 1. The number of anilines is 2. The predicted molar refractivity (Wildman–Crippen MR) is 118 cm³/mol. The van der Waals surface area contributed by atoms with Gasteiger partial charge >= 0.3 is 0 Å². The molecule has 0 aliphatic heterocycles. The van der Waals surface area contributed by atoms with Crippen LogP contribution in [0.4, 0.5) is 11.4 Å². The minimum atomic E-state index is -0.129. The quantitative estimate of drug-likeness (QED) is 0.432. The Hall–Kier alpha value is -2.79. The molecule has 0 saturated heterocycles. The Morgan fingerprint density at radius 3 is 2.32 bits per heavy atom. The summed E-state index contributed by atoms with van der Waals surface area (Å²) in [7, 11) is 0. The van der Waals surface area contributed by atoms with Gasteiger partial charge < -0.3 is 15.4 Å². The fourth-order valence-corrected chi connectivity index (χ4v) is 3.20. The number of ether oxygens (including phenoxy) is 1. The molecular formula is C23H23BrN2O2. The Morgan fingerprint density at radius 2 is 1.54 bits per heavy atom. The maximum Gasteiger partial charge on any atom is 0.243 e. The fraction of sp³-hybridized carbons (Fsp3) is 0.174. The molecule has 1 amide bonds. The van der Waals surface area contributed by atoms with Crippen molar-refractivity contribution in [1.29, 1.82) is 0 Å². The summed E-state index contributed by atoms with van der Waals surface area (Å²) in [6.07, 6.45) is 1.88. The molecule has 0 aliphatic carbocycles. The highest BCUT2D eigenvalue weighted by Crippen LogP contribution is 2.24. The van der Waals surface area contributed by atoms with Gasteiger partial charge in [-0.1, -0.05) is 54.6 Å². The topological polar surface area (TPSA) is 50.4 Å². The molecule has 0 heterocycles. The van der Waals surface area contributed by atoms with E-state index in [0.29, 0.717) is 18.0 Å². The molecule has 0 fully saturated rings. The third kappa shape index (κ3) is 6.13. The molecule has 4 nitrogen and oxygen atoms in total. The summed E-state index contributed by atoms with van der Waals surface area (Å²) in [5, 5.41) is 6.04. The number of rotatable bonds is 9. The highest BCUT2D eigenvalue weighted by Gasteiger charge is 2.08. The smallest absolute Gasteiger partial charge is 0.243 e. The van der Waals surface area contributed by atoms with Crippen LogP contribution in [0, 0.1) is 0 Å². The summed E-state index contributed by atoms with van der Waals surface area (Å²) in [5.74, 6) is 0.556. The van der Waals surface area contributed by atoms with E-state index in [-0.39, 0.29) is 12.5 Å². The van der Waals surface area contributed by atoms with Gasteiger partial charge in [0.2, 0.25) is 5.91 Å². The Labute approximate surface area is 174 Å². The van der Waals surface area contributed by atoms with Crippen LogP contribution in [-0.4, -0.2) is 19.1 Å². The fourth-order valence-electron chi connectivity index (χ4n) is 2.77. The molecule has 0 unspecified atom stereocenters. The first kappa shape index (κ1) is 20.0. The molecule has 0 saturated carbocycles. The van der Waals surface area contributed by atoms with Gasteiger partial charge in [-0.05, 0) is 58.6 Å². The average molecular weight is 439 g/mol. The first-order chi connectivity index (χ1) is 13.7. The monoisotopic (exact) mass is 438 g/mol. The van der Waals surface area contributed by atoms with E-state index in [1.54, 1.807) is 0 Å². The molecule has 0 radical (unpaired) electrons. The zero-order chi connectivity index (χ0) is 19.6. The minimum absolute atomic E-state index is 0.129. The van der Waals surface area contributed by atoms with Crippen LogP contribution >= 0.6 is 15.9 Å². The number of carbonyl (C=O) groups is 1. The van der Waals surface area contributed by atoms with Gasteiger partial charge in [0, 0.05) is 10.2 Å². The second kappa shape index (κ2) is 10.5. The Bertz CT molecular complexity index is 900. The number of aryl methyl sites for hydroxylation is 1. The normalized spacial score (nSPS) is 10.3. The largest absolute Gasteiger partial charge is 0.491 e. The highest BCUT2D eigenvalue weighted by molar-refractivity contribution is 9.10. The van der Waals surface area contributed by atoms with Crippen LogP contribution in [0.1, 0.15) is 12.0 Å². The van der Waals surface area contributed by atoms with Crippen molar-refractivity contribution in [2.75, 3.05) is 23.8 Å². The number of nitrogens with one attached hydrogen (secondary N) is 2. The van der Waals surface area contributed by atoms with Crippen LogP contribution in [0.15, 0.2) is 83.3 Å². The zero-order valence-corrected chi connectivity index (χ0v) is 17.1. The lowest BCUT2D eigenvalue weighted by molar-refractivity contribution is -0.114. The molecule has 0 aliphatic rings. The van der Waals surface area contributed by atoms with E-state index in [2.05, 4.69) is 38.7 Å². The van der Waals surface area contributed by atoms with Crippen LogP contribution in [0.25, 0.3) is 0 Å². The van der Waals surface area contributed by atoms with Crippen LogP contribution in [0.3, 0.4) is 0 Å². The summed E-state index contributed by atoms with van der Waals surface area (Å²) in [5.41, 5.74) is 2.86. The second-order valence-corrected chi connectivity index (χ2v) is 7.17. The van der Waals surface area contributed by atoms with Gasteiger partial charge in [-0.25, -0.2) is 0 Å². The van der Waals surface area contributed by atoms with Crippen LogP contribution < -0.4 is 15.4 Å². The van der Waals surface area contributed by atoms with Crippen LogP contribution in [-0.2, 0) is 11.2 Å². The van der Waals surface area contributed by atoms with E-state index in [9.17, 15) is 4.79 Å². The molecule has 3 aromatic carbocycles. The van der Waals surface area contributed by atoms with Gasteiger partial charge in [0.05, 0.1) is 18.8 Å². The maximum atomic E-state index is 12.3. The Kier molecular flexibility index (Phi) is 7.50. The SMILES string of the molecule is O=C(CNc1ccccc1Br)Nc1ccccc1OCCCc1ccccc1. The molecule has 2 N–H and O–H groups in total. The summed E-state index contributed by atoms with van der Waals surface area (Å²) in [6.45, 7) is 0.766. The van der Waals surface area contributed by atoms with Gasteiger partial charge in [0.15, 0.2) is 0 Å². The van der Waals surface area contributed by atoms with Gasteiger partial charge in [0.25, 0.3) is 0 Å². The van der Waals surface area contributed by atoms with Crippen molar-refractivity contribution in [1.82, 2.24) is 0 Å². The van der Waals surface area contributed by atoms with E-state index in [1.807, 2.05) is 66.7 Å². The van der Waals surface area contributed by atoms with Crippen LogP contribution in [0.2, 0.25) is 0 Å². The first-order valence-electron chi connectivity index (χ1n) is 9.26. The zero-order valence-electron chi connectivity index (χ0n) is 15.5. The summed E-state index contributed by atoms with van der Waals surface area (Å²) in [6, 6.07) is 25.6.